The maximum atomic E-state index is 13.3. The number of anilines is 7. The van der Waals surface area contributed by atoms with Crippen LogP contribution in [0.3, 0.4) is 0 Å². The van der Waals surface area contributed by atoms with E-state index in [0.717, 1.165) is 71.8 Å². The van der Waals surface area contributed by atoms with Gasteiger partial charge in [-0.2, -0.15) is 4.31 Å². The van der Waals surface area contributed by atoms with Crippen LogP contribution >= 0.6 is 0 Å². The molecule has 0 atom stereocenters. The largest absolute Gasteiger partial charge is 0.383 e. The molecule has 0 spiro atoms. The smallest absolute Gasteiger partial charge is 0.257 e. The van der Waals surface area contributed by atoms with Crippen LogP contribution in [0.2, 0.25) is 0 Å². The number of sulfonamides is 2. The second kappa shape index (κ2) is 41.8. The molecule has 0 unspecified atom stereocenters. The number of nitrogens with zero attached hydrogens (tertiary/aromatic N) is 12. The highest BCUT2D eigenvalue weighted by Gasteiger charge is 2.39. The van der Waals surface area contributed by atoms with Gasteiger partial charge >= 0.3 is 0 Å². The Balaban J connectivity index is 0.000000162. The van der Waals surface area contributed by atoms with Crippen molar-refractivity contribution in [2.75, 3.05) is 64.6 Å². The topological polar surface area (TPSA) is 495 Å². The van der Waals surface area contributed by atoms with Crippen LogP contribution < -0.4 is 43.2 Å². The Morgan fingerprint density at radius 1 is 0.468 bits per heavy atom. The molecule has 38 heteroatoms. The molecule has 0 bridgehead atoms. The molecule has 10 aromatic heterocycles. The van der Waals surface area contributed by atoms with Crippen molar-refractivity contribution in [3.05, 3.63) is 218 Å². The Bertz CT molecular complexity index is 6120. The fraction of sp³-hybridized carbons (Fsp3) is 0.267. The van der Waals surface area contributed by atoms with Gasteiger partial charge < -0.3 is 43.4 Å². The van der Waals surface area contributed by atoms with Crippen molar-refractivity contribution in [1.82, 2.24) is 63.8 Å². The number of ketones is 2. The van der Waals surface area contributed by atoms with Gasteiger partial charge in [-0.25, -0.2) is 73.6 Å². The highest BCUT2D eigenvalue weighted by molar-refractivity contribution is 7.91. The van der Waals surface area contributed by atoms with Crippen molar-refractivity contribution >= 4 is 112 Å². The molecular formula is C86H92F2N20O13S3. The van der Waals surface area contributed by atoms with E-state index >= 15 is 0 Å². The molecule has 14 rings (SSSR count). The third kappa shape index (κ3) is 26.7. The third-order valence-corrected chi connectivity index (χ3v) is 24.0. The van der Waals surface area contributed by atoms with E-state index in [4.69, 9.17) is 17.2 Å². The third-order valence-electron chi connectivity index (χ3n) is 18.7. The van der Waals surface area contributed by atoms with Crippen molar-refractivity contribution in [2.45, 2.75) is 132 Å². The predicted octanol–water partition coefficient (Wildman–Crippen LogP) is 11.7. The second-order valence-corrected chi connectivity index (χ2v) is 35.0. The maximum Gasteiger partial charge on any atom is 0.257 e. The number of hydrogen-bond donors (Lipinski definition) is 8. The van der Waals surface area contributed by atoms with Gasteiger partial charge in [0.25, 0.3) is 11.8 Å². The molecule has 646 valence electrons. The number of hydrogen-bond acceptors (Lipinski definition) is 26. The molecule has 3 aliphatic rings. The number of carbonyl (C=O) groups is 7. The number of nitrogens with two attached hydrogens (primary N) is 3. The molecule has 1 saturated carbocycles. The summed E-state index contributed by atoms with van der Waals surface area (Å²) in [4.78, 5) is 123. The fourth-order valence-electron chi connectivity index (χ4n) is 12.7. The normalized spacial score (nSPS) is 13.7. The Labute approximate surface area is 715 Å². The maximum absolute atomic E-state index is 13.3. The van der Waals surface area contributed by atoms with Crippen LogP contribution in [0.15, 0.2) is 210 Å². The van der Waals surface area contributed by atoms with Crippen LogP contribution in [0, 0.1) is 5.92 Å². The summed E-state index contributed by atoms with van der Waals surface area (Å²) in [5.41, 5.74) is 26.7. The van der Waals surface area contributed by atoms with E-state index in [9.17, 15) is 67.6 Å². The predicted molar refractivity (Wildman–Crippen MR) is 465 cm³/mol. The van der Waals surface area contributed by atoms with E-state index in [0.29, 0.717) is 79.0 Å². The van der Waals surface area contributed by atoms with E-state index < -0.39 is 48.6 Å². The number of rotatable bonds is 22. The summed E-state index contributed by atoms with van der Waals surface area (Å²) in [7, 11) is -11.4. The van der Waals surface area contributed by atoms with Gasteiger partial charge in [0.05, 0.1) is 11.3 Å². The van der Waals surface area contributed by atoms with Gasteiger partial charge in [-0.05, 0) is 177 Å². The SMILES string of the molecule is CC(=O)Cc1cc(-c2cncc(S(=O)(=O)N3CCC(F)(F)CC3)c2)ccn1.CC(=O)Nc1cc(-c2cnc(N)c(C(=O)N3CCCCC3)c2)ccn1.CC(=O)Nc1cc(-c2cnc(N)c(S(=O)(=O)Cc3ccccc3)c2)ccn1.CC(=O)Nc1cc(-c2cnc(N)c(S(=O)(=O)NC(C)C)c2)ccn1.CC(=O)Nc1cc(-c2cncc(C(=O)C3CC3)c2)ccn1. The monoisotopic (exact) mass is 1750 g/mol. The average Bonchev–Trinajstić information content (AvgIpc) is 1.21. The van der Waals surface area contributed by atoms with Crippen molar-refractivity contribution in [3.63, 3.8) is 0 Å². The van der Waals surface area contributed by atoms with Crippen LogP contribution in [-0.2, 0) is 66.0 Å². The minimum Gasteiger partial charge on any atom is -0.383 e. The summed E-state index contributed by atoms with van der Waals surface area (Å²) in [6.45, 7) is 11.6. The number of nitrogen functional groups attached to an aromatic ring is 3. The quantitative estimate of drug-likeness (QED) is 0.0292. The molecule has 2 aliphatic heterocycles. The van der Waals surface area contributed by atoms with E-state index in [1.165, 1.54) is 90.0 Å². The molecule has 5 amide bonds. The van der Waals surface area contributed by atoms with Gasteiger partial charge in [-0.3, -0.25) is 48.5 Å². The van der Waals surface area contributed by atoms with E-state index in [1.54, 1.807) is 136 Å². The molecular weight excluding hydrogens is 1660 g/mol. The number of piperidine rings is 2. The molecule has 3 fully saturated rings. The zero-order valence-electron chi connectivity index (χ0n) is 68.7. The average molecular weight is 1750 g/mol. The zero-order chi connectivity index (χ0) is 89.6. The number of amides is 5. The number of Topliss-reactive ketones (excluding diaryl/α,β-unsaturated/α-hetero) is 2. The standard InChI is InChI=1S/C19H18N4O3S.C18H19F2N3O3S.C18H21N5O2.C16H15N3O2.C15H19N5O3S/c1-13(24)23-18-10-15(7-8-21-18)16-9-17(19(20)22-11-16)27(25,26)12-14-5-3-2-4-6-14;1-13(24)8-16-9-14(2-5-22-16)15-10-17(12-21-11-15)27(25,26)23-6-3-18(19,20)4-7-23;1-12(24)22-16-10-13(5-6-20-16)14-9-15(17(19)21-11-14)18(25)23-7-3-2-4-8-23;1-10(20)19-15-7-12(4-5-18-15)13-6-14(9-17-8-13)16(21)11-2-3-11;1-9(2)20-24(22,23)13-6-12(8-18-15(13)16)11-4-5-17-14(7-11)19-10(3)21/h2-11H,12H2,1H3,(H2,20,22)(H,21,23,24);2,5,9-12H,3-4,6-8H2,1H3;5-6,9-11H,2-4,7-8H2,1H3,(H2,19,21)(H,20,22,24);4-9,11H,2-3H2,1H3,(H,18,19,20);4-9,20H,1-3H3,(H2,16,18)(H,17,19,21). The van der Waals surface area contributed by atoms with E-state index in [-0.39, 0.29) is 110 Å². The number of pyridine rings is 10. The molecule has 0 radical (unpaired) electrons. The first-order valence-electron chi connectivity index (χ1n) is 39.0. The van der Waals surface area contributed by atoms with Crippen LogP contribution in [0.5, 0.6) is 0 Å². The van der Waals surface area contributed by atoms with Gasteiger partial charge in [0.2, 0.25) is 43.7 Å². The number of carbonyl (C=O) groups excluding carboxylic acids is 7. The lowest BCUT2D eigenvalue weighted by atomic mass is 10.0. The number of halogens is 2. The summed E-state index contributed by atoms with van der Waals surface area (Å²) < 4.78 is 106. The summed E-state index contributed by atoms with van der Waals surface area (Å²) in [5.74, 6) is -1.86. The number of likely N-dealkylation sites (tertiary alicyclic amines) is 1. The van der Waals surface area contributed by atoms with Crippen LogP contribution in [-0.4, -0.2) is 164 Å². The fourth-order valence-corrected chi connectivity index (χ4v) is 16.9. The van der Waals surface area contributed by atoms with Gasteiger partial charge in [0.15, 0.2) is 15.6 Å². The summed E-state index contributed by atoms with van der Waals surface area (Å²) >= 11 is 0. The van der Waals surface area contributed by atoms with Crippen LogP contribution in [0.1, 0.15) is 125 Å². The van der Waals surface area contributed by atoms with Crippen LogP contribution in [0.4, 0.5) is 49.5 Å². The first kappa shape index (κ1) is 92.7. The number of aromatic nitrogens is 10. The van der Waals surface area contributed by atoms with Crippen LogP contribution in [0.25, 0.3) is 55.6 Å². The lowest BCUT2D eigenvalue weighted by molar-refractivity contribution is -0.117. The molecule has 1 aromatic carbocycles. The van der Waals surface area contributed by atoms with Crippen molar-refractivity contribution in [1.29, 1.82) is 0 Å². The lowest BCUT2D eigenvalue weighted by Gasteiger charge is -2.30. The Morgan fingerprint density at radius 3 is 1.36 bits per heavy atom. The number of alkyl halides is 2. The minimum absolute atomic E-state index is 0.0262. The van der Waals surface area contributed by atoms with Gasteiger partial charge in [0.1, 0.15) is 61.2 Å². The number of sulfone groups is 1. The minimum atomic E-state index is -3.90. The molecule has 33 nitrogen and oxygen atoms in total. The molecule has 1 aliphatic carbocycles. The number of nitrogens with one attached hydrogen (secondary N) is 5. The zero-order valence-corrected chi connectivity index (χ0v) is 71.2. The molecule has 11 N–H and O–H groups in total. The van der Waals surface area contributed by atoms with E-state index in [1.807, 2.05) is 23.1 Å². The molecule has 2 saturated heterocycles. The summed E-state index contributed by atoms with van der Waals surface area (Å²) in [6.07, 6.45) is 22.8. The van der Waals surface area contributed by atoms with Crippen molar-refractivity contribution in [2.24, 2.45) is 5.92 Å². The Morgan fingerprint density at radius 2 is 0.895 bits per heavy atom. The number of benzene rings is 1. The summed E-state index contributed by atoms with van der Waals surface area (Å²) in [5, 5.41) is 10.5. The van der Waals surface area contributed by atoms with Gasteiger partial charge in [-0.1, -0.05) is 30.3 Å². The molecule has 124 heavy (non-hydrogen) atoms. The highest BCUT2D eigenvalue weighted by atomic mass is 32.2. The van der Waals surface area contributed by atoms with Gasteiger partial charge in [0, 0.05) is 199 Å². The molecule has 12 heterocycles. The second-order valence-electron chi connectivity index (χ2n) is 29.4. The van der Waals surface area contributed by atoms with E-state index in [2.05, 4.69) is 75.8 Å². The first-order chi connectivity index (χ1) is 58.9. The first-order valence-corrected chi connectivity index (χ1v) is 43.5. The Kier molecular flexibility index (Phi) is 31.3. The van der Waals surface area contributed by atoms with Crippen molar-refractivity contribution in [3.8, 4) is 55.6 Å². The summed E-state index contributed by atoms with van der Waals surface area (Å²) in [6, 6.07) is 33.8. The Hall–Kier alpha value is -13.6. The van der Waals surface area contributed by atoms with Crippen molar-refractivity contribution < 1.29 is 67.6 Å². The highest BCUT2D eigenvalue weighted by Crippen LogP contribution is 2.36. The van der Waals surface area contributed by atoms with Gasteiger partial charge in [-0.15, -0.1) is 0 Å². The molecule has 11 aromatic rings. The lowest BCUT2D eigenvalue weighted by Crippen LogP contribution is -2.42.